The summed E-state index contributed by atoms with van der Waals surface area (Å²) in [5.41, 5.74) is 2.13. The molecule has 1 fully saturated rings. The Bertz CT molecular complexity index is 706. The van der Waals surface area contributed by atoms with Crippen molar-refractivity contribution in [2.24, 2.45) is 0 Å². The van der Waals surface area contributed by atoms with Crippen molar-refractivity contribution in [1.29, 1.82) is 0 Å². The molecule has 0 radical (unpaired) electrons. The second-order valence-corrected chi connectivity index (χ2v) is 7.10. The van der Waals surface area contributed by atoms with Crippen LogP contribution < -0.4 is 0 Å². The van der Waals surface area contributed by atoms with Crippen molar-refractivity contribution in [3.63, 3.8) is 0 Å². The van der Waals surface area contributed by atoms with Gasteiger partial charge in [-0.15, -0.1) is 6.58 Å². The summed E-state index contributed by atoms with van der Waals surface area (Å²) < 4.78 is 23.5. The molecule has 5 heteroatoms. The van der Waals surface area contributed by atoms with E-state index >= 15 is 0 Å². The molecule has 0 spiro atoms. The van der Waals surface area contributed by atoms with Gasteiger partial charge in [0.1, 0.15) is 18.3 Å². The lowest BCUT2D eigenvalue weighted by atomic mass is 10.1. The molecule has 29 heavy (non-hydrogen) atoms. The smallest absolute Gasteiger partial charge is 0.186 e. The first-order valence-electron chi connectivity index (χ1n) is 10.1. The number of unbranched alkanes of at least 4 members (excludes halogenated alkanes) is 1. The molecule has 4 atom stereocenters. The van der Waals surface area contributed by atoms with Gasteiger partial charge in [0.15, 0.2) is 6.29 Å². The molecule has 1 aliphatic heterocycles. The second kappa shape index (κ2) is 11.9. The zero-order chi connectivity index (χ0) is 20.3. The molecule has 1 saturated heterocycles. The van der Waals surface area contributed by atoms with Crippen LogP contribution in [-0.4, -0.2) is 42.9 Å². The van der Waals surface area contributed by atoms with Gasteiger partial charge < -0.3 is 24.1 Å². The summed E-state index contributed by atoms with van der Waals surface area (Å²) in [6.07, 6.45) is 1.04. The summed E-state index contributed by atoms with van der Waals surface area (Å²) in [7, 11) is 0. The zero-order valence-corrected chi connectivity index (χ0v) is 16.7. The Morgan fingerprint density at radius 1 is 0.931 bits per heavy atom. The Morgan fingerprint density at radius 2 is 1.59 bits per heavy atom. The quantitative estimate of drug-likeness (QED) is 0.435. The summed E-state index contributed by atoms with van der Waals surface area (Å²) in [6.45, 7) is 5.39. The predicted octanol–water partition coefficient (Wildman–Crippen LogP) is 3.86. The number of hydrogen-bond acceptors (Lipinski definition) is 5. The van der Waals surface area contributed by atoms with Crippen LogP contribution in [0.15, 0.2) is 73.3 Å². The van der Waals surface area contributed by atoms with Gasteiger partial charge >= 0.3 is 0 Å². The van der Waals surface area contributed by atoms with Gasteiger partial charge in [0, 0.05) is 0 Å². The lowest BCUT2D eigenvalue weighted by Crippen LogP contribution is -2.37. The van der Waals surface area contributed by atoms with E-state index in [1.807, 2.05) is 66.7 Å². The monoisotopic (exact) mass is 398 g/mol. The van der Waals surface area contributed by atoms with Gasteiger partial charge in [-0.1, -0.05) is 66.7 Å². The van der Waals surface area contributed by atoms with Crippen molar-refractivity contribution in [3.8, 4) is 0 Å². The third-order valence-electron chi connectivity index (χ3n) is 4.80. The molecule has 1 heterocycles. The van der Waals surface area contributed by atoms with Crippen molar-refractivity contribution in [1.82, 2.24) is 0 Å². The van der Waals surface area contributed by atoms with E-state index in [0.29, 0.717) is 26.4 Å². The highest BCUT2D eigenvalue weighted by molar-refractivity contribution is 5.14. The maximum atomic E-state index is 10.7. The van der Waals surface area contributed by atoms with Crippen LogP contribution in [0.3, 0.4) is 0 Å². The summed E-state index contributed by atoms with van der Waals surface area (Å²) in [4.78, 5) is 0. The van der Waals surface area contributed by atoms with Crippen LogP contribution >= 0.6 is 0 Å². The van der Waals surface area contributed by atoms with E-state index in [9.17, 15) is 5.11 Å². The number of aliphatic hydroxyl groups excluding tert-OH is 1. The van der Waals surface area contributed by atoms with Crippen molar-refractivity contribution < 1.29 is 24.1 Å². The van der Waals surface area contributed by atoms with E-state index in [0.717, 1.165) is 24.0 Å². The Morgan fingerprint density at radius 3 is 2.24 bits per heavy atom. The molecule has 3 rings (SSSR count). The predicted molar refractivity (Wildman–Crippen MR) is 111 cm³/mol. The molecule has 0 amide bonds. The topological polar surface area (TPSA) is 57.2 Å². The van der Waals surface area contributed by atoms with Crippen LogP contribution in [-0.2, 0) is 32.2 Å². The van der Waals surface area contributed by atoms with Gasteiger partial charge in [-0.05, 0) is 24.0 Å². The second-order valence-electron chi connectivity index (χ2n) is 7.10. The lowest BCUT2D eigenvalue weighted by Gasteiger charge is -2.21. The normalized spacial score (nSPS) is 23.9. The first-order valence-corrected chi connectivity index (χ1v) is 10.1. The van der Waals surface area contributed by atoms with Gasteiger partial charge in [-0.3, -0.25) is 0 Å². The molecule has 0 saturated carbocycles. The maximum Gasteiger partial charge on any atom is 0.186 e. The standard InChI is InChI=1S/C24H30O5/c1-2-3-10-15-27-24-22(25)23(28-17-20-13-8-5-9-14-20)21(29-24)18-26-16-19-11-6-4-7-12-19/h2,4-9,11-14,21-25H,1,3,10,15-18H2/t21-,22+,23-,24-/m1/s1. The third-order valence-corrected chi connectivity index (χ3v) is 4.80. The number of aliphatic hydroxyl groups is 1. The lowest BCUT2D eigenvalue weighted by molar-refractivity contribution is -0.172. The van der Waals surface area contributed by atoms with Crippen LogP contribution in [0.4, 0.5) is 0 Å². The van der Waals surface area contributed by atoms with E-state index in [4.69, 9.17) is 18.9 Å². The number of ether oxygens (including phenoxy) is 4. The Hall–Kier alpha value is -2.02. The van der Waals surface area contributed by atoms with Gasteiger partial charge in [-0.2, -0.15) is 0 Å². The van der Waals surface area contributed by atoms with Crippen molar-refractivity contribution in [2.45, 2.75) is 50.7 Å². The van der Waals surface area contributed by atoms with E-state index in [-0.39, 0.29) is 0 Å². The minimum Gasteiger partial charge on any atom is -0.385 e. The average Bonchev–Trinajstić information content (AvgIpc) is 3.06. The van der Waals surface area contributed by atoms with E-state index in [2.05, 4.69) is 6.58 Å². The van der Waals surface area contributed by atoms with Crippen LogP contribution in [0.5, 0.6) is 0 Å². The van der Waals surface area contributed by atoms with Gasteiger partial charge in [0.05, 0.1) is 26.4 Å². The first-order chi connectivity index (χ1) is 14.3. The van der Waals surface area contributed by atoms with Crippen molar-refractivity contribution in [3.05, 3.63) is 84.4 Å². The highest BCUT2D eigenvalue weighted by atomic mass is 16.7. The highest BCUT2D eigenvalue weighted by Crippen LogP contribution is 2.27. The largest absolute Gasteiger partial charge is 0.385 e. The molecular weight excluding hydrogens is 368 g/mol. The first kappa shape index (κ1) is 21.7. The molecule has 0 unspecified atom stereocenters. The molecule has 1 N–H and O–H groups in total. The molecule has 0 aliphatic carbocycles. The number of rotatable bonds is 12. The average molecular weight is 398 g/mol. The van der Waals surface area contributed by atoms with E-state index < -0.39 is 24.6 Å². The van der Waals surface area contributed by atoms with Crippen LogP contribution in [0.2, 0.25) is 0 Å². The molecule has 5 nitrogen and oxygen atoms in total. The summed E-state index contributed by atoms with van der Waals surface area (Å²) in [5, 5.41) is 10.7. The zero-order valence-electron chi connectivity index (χ0n) is 16.7. The molecule has 156 valence electrons. The van der Waals surface area contributed by atoms with E-state index in [1.165, 1.54) is 0 Å². The third kappa shape index (κ3) is 6.77. The van der Waals surface area contributed by atoms with Crippen LogP contribution in [0, 0.1) is 0 Å². The number of hydrogen-bond donors (Lipinski definition) is 1. The Kier molecular flexibility index (Phi) is 8.86. The van der Waals surface area contributed by atoms with Gasteiger partial charge in [-0.25, -0.2) is 0 Å². The molecule has 2 aromatic carbocycles. The number of benzene rings is 2. The molecule has 2 aromatic rings. The fourth-order valence-electron chi connectivity index (χ4n) is 3.24. The van der Waals surface area contributed by atoms with E-state index in [1.54, 1.807) is 0 Å². The maximum absolute atomic E-state index is 10.7. The molecule has 0 aromatic heterocycles. The SMILES string of the molecule is C=CCCCO[C@@H]1O[C@H](COCc2ccccc2)[C@@H](OCc2ccccc2)[C@@H]1O. The minimum atomic E-state index is -0.868. The summed E-state index contributed by atoms with van der Waals surface area (Å²) in [6, 6.07) is 19.8. The van der Waals surface area contributed by atoms with Crippen molar-refractivity contribution in [2.75, 3.05) is 13.2 Å². The molecule has 0 bridgehead atoms. The van der Waals surface area contributed by atoms with Gasteiger partial charge in [0.25, 0.3) is 0 Å². The fraction of sp³-hybridized carbons (Fsp3) is 0.417. The summed E-state index contributed by atoms with van der Waals surface area (Å²) >= 11 is 0. The van der Waals surface area contributed by atoms with Crippen LogP contribution in [0.25, 0.3) is 0 Å². The Labute approximate surface area is 172 Å². The molecular formula is C24H30O5. The molecule has 1 aliphatic rings. The van der Waals surface area contributed by atoms with Gasteiger partial charge in [0.2, 0.25) is 0 Å². The minimum absolute atomic E-state index is 0.317. The van der Waals surface area contributed by atoms with Crippen molar-refractivity contribution >= 4 is 0 Å². The fourth-order valence-corrected chi connectivity index (χ4v) is 3.24. The van der Waals surface area contributed by atoms with Crippen LogP contribution in [0.1, 0.15) is 24.0 Å². The Balaban J connectivity index is 1.55. The highest BCUT2D eigenvalue weighted by Gasteiger charge is 2.45. The number of allylic oxidation sites excluding steroid dienone is 1. The summed E-state index contributed by atoms with van der Waals surface area (Å²) in [5.74, 6) is 0.